The molecule has 2 aromatic carbocycles. The van der Waals surface area contributed by atoms with Gasteiger partial charge >= 0.3 is 5.97 Å². The van der Waals surface area contributed by atoms with Gasteiger partial charge in [0, 0.05) is 11.3 Å². The zero-order valence-corrected chi connectivity index (χ0v) is 16.7. The van der Waals surface area contributed by atoms with Crippen molar-refractivity contribution in [2.75, 3.05) is 11.9 Å². The quantitative estimate of drug-likeness (QED) is 0.352. The number of ether oxygens (including phenoxy) is 1. The molecular formula is C22H19ClN2O4. The zero-order chi connectivity index (χ0) is 21.0. The summed E-state index contributed by atoms with van der Waals surface area (Å²) in [6.45, 7) is 3.54. The van der Waals surface area contributed by atoms with Crippen LogP contribution in [0.1, 0.15) is 33.5 Å². The zero-order valence-electron chi connectivity index (χ0n) is 15.9. The Hall–Kier alpha value is -3.38. The van der Waals surface area contributed by atoms with Crippen molar-refractivity contribution in [2.45, 2.75) is 13.8 Å². The van der Waals surface area contributed by atoms with E-state index in [9.17, 15) is 14.4 Å². The van der Waals surface area contributed by atoms with Gasteiger partial charge in [-0.3, -0.25) is 9.59 Å². The Morgan fingerprint density at radius 2 is 1.69 bits per heavy atom. The van der Waals surface area contributed by atoms with Crippen molar-refractivity contribution in [1.29, 1.82) is 0 Å². The number of carbonyl (C=O) groups excluding carboxylic acids is 3. The molecule has 0 fully saturated rings. The number of carbonyl (C=O) groups is 3. The number of hydrogen-bond donors (Lipinski definition) is 2. The van der Waals surface area contributed by atoms with E-state index in [1.54, 1.807) is 62.4 Å². The Balaban J connectivity index is 2.05. The summed E-state index contributed by atoms with van der Waals surface area (Å²) >= 11 is 6.06. The minimum absolute atomic E-state index is 0.0151. The molecule has 0 saturated carbocycles. The largest absolute Gasteiger partial charge is 0.462 e. The lowest BCUT2D eigenvalue weighted by Gasteiger charge is -2.09. The van der Waals surface area contributed by atoms with Gasteiger partial charge in [-0.05, 0) is 31.5 Å². The molecule has 0 aliphatic rings. The molecule has 3 rings (SSSR count). The number of aryl methyl sites for hydroxylation is 1. The summed E-state index contributed by atoms with van der Waals surface area (Å²) in [4.78, 5) is 41.0. The minimum atomic E-state index is -0.869. The second-order valence-electron chi connectivity index (χ2n) is 6.22. The number of benzene rings is 2. The molecule has 0 unspecified atom stereocenters. The molecule has 1 heterocycles. The van der Waals surface area contributed by atoms with E-state index in [1.165, 1.54) is 0 Å². The Labute approximate surface area is 172 Å². The first-order valence-corrected chi connectivity index (χ1v) is 9.37. The molecule has 7 heteroatoms. The lowest BCUT2D eigenvalue weighted by atomic mass is 9.98. The number of para-hydroxylation sites is 1. The van der Waals surface area contributed by atoms with E-state index in [1.807, 2.05) is 6.07 Å². The van der Waals surface area contributed by atoms with E-state index in [4.69, 9.17) is 16.3 Å². The third kappa shape index (κ3) is 4.22. The highest BCUT2D eigenvalue weighted by molar-refractivity contribution is 6.48. The predicted molar refractivity (Wildman–Crippen MR) is 111 cm³/mol. The molecule has 0 bridgehead atoms. The highest BCUT2D eigenvalue weighted by atomic mass is 35.5. The maximum Gasteiger partial charge on any atom is 0.340 e. The van der Waals surface area contributed by atoms with Crippen molar-refractivity contribution in [2.24, 2.45) is 0 Å². The van der Waals surface area contributed by atoms with E-state index in [2.05, 4.69) is 10.3 Å². The van der Waals surface area contributed by atoms with Gasteiger partial charge < -0.3 is 15.0 Å². The van der Waals surface area contributed by atoms with Crippen LogP contribution in [-0.4, -0.2) is 29.3 Å². The molecule has 148 valence electrons. The van der Waals surface area contributed by atoms with Crippen molar-refractivity contribution < 1.29 is 19.1 Å². The van der Waals surface area contributed by atoms with Gasteiger partial charge in [0.1, 0.15) is 5.69 Å². The first kappa shape index (κ1) is 20.4. The summed E-state index contributed by atoms with van der Waals surface area (Å²) in [5.41, 5.74) is 1.96. The fourth-order valence-corrected chi connectivity index (χ4v) is 3.19. The standard InChI is InChI=1S/C22H19ClN2O4/c1-3-29-22(28)17-13(2)24-19(18(17)14-9-5-4-6-10-14)20(26)21(27)25-16-12-8-7-11-15(16)23/h4-12,24H,3H2,1-2H3,(H,25,27). The lowest BCUT2D eigenvalue weighted by Crippen LogP contribution is -2.24. The number of amides is 1. The van der Waals surface area contributed by atoms with Crippen molar-refractivity contribution in [1.82, 2.24) is 4.98 Å². The Kier molecular flexibility index (Phi) is 6.14. The number of esters is 1. The maximum absolute atomic E-state index is 13.0. The Morgan fingerprint density at radius 3 is 2.34 bits per heavy atom. The van der Waals surface area contributed by atoms with Crippen molar-refractivity contribution >= 4 is 34.9 Å². The molecule has 0 aliphatic heterocycles. The summed E-state index contributed by atoms with van der Waals surface area (Å²) in [7, 11) is 0. The highest BCUT2D eigenvalue weighted by Gasteiger charge is 2.29. The van der Waals surface area contributed by atoms with Crippen LogP contribution >= 0.6 is 11.6 Å². The number of halogens is 1. The van der Waals surface area contributed by atoms with E-state index in [0.29, 0.717) is 27.5 Å². The predicted octanol–water partition coefficient (Wildman–Crippen LogP) is 4.64. The molecule has 1 aromatic heterocycles. The van der Waals surface area contributed by atoms with Gasteiger partial charge in [-0.2, -0.15) is 0 Å². The van der Waals surface area contributed by atoms with Gasteiger partial charge in [0.25, 0.3) is 11.7 Å². The van der Waals surface area contributed by atoms with Gasteiger partial charge in [-0.25, -0.2) is 4.79 Å². The number of hydrogen-bond acceptors (Lipinski definition) is 4. The molecule has 3 aromatic rings. The summed E-state index contributed by atoms with van der Waals surface area (Å²) in [6, 6.07) is 15.5. The third-order valence-electron chi connectivity index (χ3n) is 4.28. The molecule has 6 nitrogen and oxygen atoms in total. The van der Waals surface area contributed by atoms with Crippen LogP contribution in [0.3, 0.4) is 0 Å². The van der Waals surface area contributed by atoms with Crippen LogP contribution in [-0.2, 0) is 9.53 Å². The Morgan fingerprint density at radius 1 is 1.03 bits per heavy atom. The average Bonchev–Trinajstić information content (AvgIpc) is 3.07. The van der Waals surface area contributed by atoms with Crippen LogP contribution in [0.5, 0.6) is 0 Å². The number of H-pyrrole nitrogens is 1. The fraction of sp³-hybridized carbons (Fsp3) is 0.136. The highest BCUT2D eigenvalue weighted by Crippen LogP contribution is 2.32. The van der Waals surface area contributed by atoms with Gasteiger partial charge in [-0.1, -0.05) is 54.1 Å². The number of nitrogens with one attached hydrogen (secondary N) is 2. The molecule has 1 amide bonds. The summed E-state index contributed by atoms with van der Waals surface area (Å²) < 4.78 is 5.15. The summed E-state index contributed by atoms with van der Waals surface area (Å²) in [5.74, 6) is -2.25. The van der Waals surface area contributed by atoms with Gasteiger partial charge in [0.15, 0.2) is 0 Å². The lowest BCUT2D eigenvalue weighted by molar-refractivity contribution is -0.112. The van der Waals surface area contributed by atoms with Crippen LogP contribution in [0, 0.1) is 6.92 Å². The van der Waals surface area contributed by atoms with Crippen LogP contribution < -0.4 is 5.32 Å². The van der Waals surface area contributed by atoms with Gasteiger partial charge in [-0.15, -0.1) is 0 Å². The fourth-order valence-electron chi connectivity index (χ4n) is 3.00. The van der Waals surface area contributed by atoms with E-state index in [0.717, 1.165) is 0 Å². The first-order valence-electron chi connectivity index (χ1n) is 8.99. The number of aromatic amines is 1. The molecule has 2 N–H and O–H groups in total. The topological polar surface area (TPSA) is 88.3 Å². The van der Waals surface area contributed by atoms with Crippen molar-refractivity contribution in [3.63, 3.8) is 0 Å². The van der Waals surface area contributed by atoms with Gasteiger partial charge in [0.05, 0.1) is 22.9 Å². The SMILES string of the molecule is CCOC(=O)c1c(C)[nH]c(C(=O)C(=O)Nc2ccccc2Cl)c1-c1ccccc1. The normalized spacial score (nSPS) is 10.4. The molecule has 0 atom stereocenters. The van der Waals surface area contributed by atoms with Crippen molar-refractivity contribution in [3.8, 4) is 11.1 Å². The van der Waals surface area contributed by atoms with E-state index >= 15 is 0 Å². The van der Waals surface area contributed by atoms with Crippen molar-refractivity contribution in [3.05, 3.63) is 76.6 Å². The maximum atomic E-state index is 13.0. The molecule has 29 heavy (non-hydrogen) atoms. The molecular weight excluding hydrogens is 392 g/mol. The number of rotatable bonds is 6. The second kappa shape index (κ2) is 8.75. The Bertz CT molecular complexity index is 1070. The molecule has 0 aliphatic carbocycles. The number of anilines is 1. The van der Waals surface area contributed by atoms with E-state index < -0.39 is 17.7 Å². The minimum Gasteiger partial charge on any atom is -0.462 e. The van der Waals surface area contributed by atoms with Crippen LogP contribution in [0.4, 0.5) is 5.69 Å². The molecule has 0 radical (unpaired) electrons. The molecule has 0 saturated heterocycles. The number of aromatic nitrogens is 1. The summed E-state index contributed by atoms with van der Waals surface area (Å²) in [6.07, 6.45) is 0. The average molecular weight is 411 g/mol. The molecule has 0 spiro atoms. The van der Waals surface area contributed by atoms with Gasteiger partial charge in [0.2, 0.25) is 0 Å². The second-order valence-corrected chi connectivity index (χ2v) is 6.63. The summed E-state index contributed by atoms with van der Waals surface area (Å²) in [5, 5.41) is 2.83. The van der Waals surface area contributed by atoms with Crippen LogP contribution in [0.25, 0.3) is 11.1 Å². The first-order chi connectivity index (χ1) is 13.9. The van der Waals surface area contributed by atoms with E-state index in [-0.39, 0.29) is 17.9 Å². The smallest absolute Gasteiger partial charge is 0.340 e. The van der Waals surface area contributed by atoms with Crippen LogP contribution in [0.15, 0.2) is 54.6 Å². The monoisotopic (exact) mass is 410 g/mol. The number of Topliss-reactive ketones (excluding diaryl/α,β-unsaturated/α-hetero) is 1. The number of ketones is 1. The van der Waals surface area contributed by atoms with Crippen LogP contribution in [0.2, 0.25) is 5.02 Å². The third-order valence-corrected chi connectivity index (χ3v) is 4.61.